The summed E-state index contributed by atoms with van der Waals surface area (Å²) in [5, 5.41) is 8.74. The van der Waals surface area contributed by atoms with Crippen molar-refractivity contribution in [2.75, 3.05) is 36.1 Å². The Bertz CT molecular complexity index is 825. The summed E-state index contributed by atoms with van der Waals surface area (Å²) in [4.78, 5) is 34.9. The fraction of sp³-hybridized carbons (Fsp3) is 0.316. The van der Waals surface area contributed by atoms with Crippen LogP contribution in [0.15, 0.2) is 42.5 Å². The van der Waals surface area contributed by atoms with Gasteiger partial charge in [-0.05, 0) is 0 Å². The maximum atomic E-state index is 13.2. The molecule has 0 saturated carbocycles. The molecule has 1 aromatic heterocycles. The first kappa shape index (κ1) is 20.5. The molecule has 1 saturated heterocycles. The Morgan fingerprint density at radius 3 is 2.57 bits per heavy atom. The summed E-state index contributed by atoms with van der Waals surface area (Å²) in [6.07, 6.45) is 0. The van der Waals surface area contributed by atoms with Crippen molar-refractivity contribution in [3.8, 4) is 0 Å². The van der Waals surface area contributed by atoms with Gasteiger partial charge in [-0.3, -0.25) is 0 Å². The maximum absolute atomic E-state index is 13.2. The van der Waals surface area contributed by atoms with Crippen molar-refractivity contribution in [3.63, 3.8) is 0 Å². The summed E-state index contributed by atoms with van der Waals surface area (Å²) in [6, 6.07) is 12.4. The van der Waals surface area contributed by atoms with Gasteiger partial charge in [0.05, 0.1) is 0 Å². The number of alkyl halides is 1. The summed E-state index contributed by atoms with van der Waals surface area (Å²) in [7, 11) is 0. The Morgan fingerprint density at radius 2 is 1.93 bits per heavy atom. The van der Waals surface area contributed by atoms with Gasteiger partial charge in [-0.15, -0.1) is 0 Å². The van der Waals surface area contributed by atoms with Crippen molar-refractivity contribution in [2.45, 2.75) is 6.54 Å². The van der Waals surface area contributed by atoms with E-state index in [1.165, 1.54) is 0 Å². The number of carbonyl (C=O) groups excluding carboxylic acids is 2. The van der Waals surface area contributed by atoms with Crippen molar-refractivity contribution in [2.24, 2.45) is 0 Å². The van der Waals surface area contributed by atoms with E-state index in [4.69, 9.17) is 9.94 Å². The minimum absolute atomic E-state index is 0.112. The van der Waals surface area contributed by atoms with E-state index < -0.39 is 5.91 Å². The number of nitrogens with zero attached hydrogens (tertiary/aromatic N) is 3. The minimum atomic E-state index is -0.575. The molecule has 9 heteroatoms. The molecule has 0 radical (unpaired) electrons. The second-order valence-corrected chi connectivity index (χ2v) is 8.30. The zero-order valence-corrected chi connectivity index (χ0v) is 17.6. The van der Waals surface area contributed by atoms with Gasteiger partial charge in [-0.2, -0.15) is 0 Å². The zero-order chi connectivity index (χ0) is 19.9. The normalized spacial score (nSPS) is 14.0. The number of carbonyl (C=O) groups is 2. The van der Waals surface area contributed by atoms with Crippen molar-refractivity contribution in [1.82, 2.24) is 15.4 Å². The Labute approximate surface area is 173 Å². The quantitative estimate of drug-likeness (QED) is 0.173. The first-order chi connectivity index (χ1) is 13.6. The molecular formula is C19H22IN4O4-. The first-order valence-electron chi connectivity index (χ1n) is 8.76. The molecule has 3 rings (SSSR count). The second-order valence-electron chi connectivity index (χ2n) is 6.11. The summed E-state index contributed by atoms with van der Waals surface area (Å²) < 4.78 is 6.37. The van der Waals surface area contributed by atoms with Crippen LogP contribution >= 0.6 is 0 Å². The van der Waals surface area contributed by atoms with Crippen LogP contribution in [-0.4, -0.2) is 58.3 Å². The number of pyridine rings is 1. The molecule has 2 N–H and O–H groups in total. The third-order valence-electron chi connectivity index (χ3n) is 4.34. The van der Waals surface area contributed by atoms with Crippen LogP contribution < -0.4 is 31.6 Å². The van der Waals surface area contributed by atoms with Gasteiger partial charge >= 0.3 is 174 Å². The third kappa shape index (κ3) is 4.97. The van der Waals surface area contributed by atoms with Crippen LogP contribution in [0.3, 0.4) is 0 Å². The van der Waals surface area contributed by atoms with Gasteiger partial charge in [0.25, 0.3) is 0 Å². The van der Waals surface area contributed by atoms with E-state index in [-0.39, 0.29) is 27.2 Å². The van der Waals surface area contributed by atoms with E-state index in [0.717, 1.165) is 9.26 Å². The summed E-state index contributed by atoms with van der Waals surface area (Å²) in [6.45, 7) is 2.48. The van der Waals surface area contributed by atoms with E-state index in [2.05, 4.69) is 9.91 Å². The van der Waals surface area contributed by atoms with Gasteiger partial charge < -0.3 is 0 Å². The fourth-order valence-electron chi connectivity index (χ4n) is 2.83. The standard InChI is InChI=1S/C19H22IN4O4/c1-20-16-3-2-4-17(21-16)24(19(26)23-9-11-28-12-10-23)13-14-5-7-15(8-6-14)18(25)22-27/h2-8,27H,9-13H2,1H3,(H,22,25)/q-1. The van der Waals surface area contributed by atoms with Crippen LogP contribution in [0.5, 0.6) is 0 Å². The molecule has 0 bridgehead atoms. The molecule has 3 amide bonds. The number of ether oxygens (including phenoxy) is 1. The Morgan fingerprint density at radius 1 is 1.21 bits per heavy atom. The zero-order valence-electron chi connectivity index (χ0n) is 15.5. The van der Waals surface area contributed by atoms with Crippen molar-refractivity contribution in [1.29, 1.82) is 0 Å². The molecule has 0 spiro atoms. The van der Waals surface area contributed by atoms with Crippen LogP contribution in [0, 0.1) is 3.70 Å². The van der Waals surface area contributed by atoms with E-state index in [9.17, 15) is 9.59 Å². The molecule has 0 aliphatic carbocycles. The number of nitrogens with one attached hydrogen (secondary N) is 1. The van der Waals surface area contributed by atoms with Crippen LogP contribution in [0.25, 0.3) is 0 Å². The Kier molecular flexibility index (Phi) is 7.18. The number of anilines is 1. The number of rotatable bonds is 5. The topological polar surface area (TPSA) is 95.0 Å². The second kappa shape index (κ2) is 9.80. The number of amides is 3. The molecule has 1 fully saturated rings. The summed E-state index contributed by atoms with van der Waals surface area (Å²) in [5.41, 5.74) is 2.81. The predicted molar refractivity (Wildman–Crippen MR) is 98.5 cm³/mol. The molecule has 150 valence electrons. The predicted octanol–water partition coefficient (Wildman–Crippen LogP) is -1.45. The molecule has 0 unspecified atom stereocenters. The van der Waals surface area contributed by atoms with Crippen LogP contribution in [-0.2, 0) is 11.3 Å². The SMILES string of the molecule is C[I-]c1cccc(N(Cc2ccc(C(=O)NO)cc2)C(=O)N2CCOCC2)n1. The molecule has 2 heterocycles. The molecule has 0 atom stereocenters. The number of aromatic nitrogens is 1. The summed E-state index contributed by atoms with van der Waals surface area (Å²) in [5.74, 6) is 0.0433. The van der Waals surface area contributed by atoms with Crippen molar-refractivity contribution >= 4 is 17.8 Å². The average Bonchev–Trinajstić information content (AvgIpc) is 2.77. The molecule has 28 heavy (non-hydrogen) atoms. The van der Waals surface area contributed by atoms with Gasteiger partial charge in [0.1, 0.15) is 0 Å². The van der Waals surface area contributed by atoms with Crippen molar-refractivity contribution < 1.29 is 40.7 Å². The molecule has 2 aromatic rings. The summed E-state index contributed by atoms with van der Waals surface area (Å²) >= 11 is -0.194. The number of hydroxylamine groups is 1. The van der Waals surface area contributed by atoms with E-state index in [1.807, 2.05) is 18.2 Å². The number of hydrogen-bond acceptors (Lipinski definition) is 5. The van der Waals surface area contributed by atoms with Crippen molar-refractivity contribution in [3.05, 3.63) is 57.3 Å². The van der Waals surface area contributed by atoms with Gasteiger partial charge in [-0.25, -0.2) is 0 Å². The Hall–Kier alpha value is -2.24. The van der Waals surface area contributed by atoms with Gasteiger partial charge in [-0.1, -0.05) is 0 Å². The molecule has 1 aliphatic rings. The monoisotopic (exact) mass is 497 g/mol. The molecule has 1 aliphatic heterocycles. The number of urea groups is 1. The van der Waals surface area contributed by atoms with Crippen LogP contribution in [0.2, 0.25) is 0 Å². The average molecular weight is 497 g/mol. The van der Waals surface area contributed by atoms with Crippen LogP contribution in [0.4, 0.5) is 10.6 Å². The fourth-order valence-corrected chi connectivity index (χ4v) is 3.89. The number of hydrogen-bond donors (Lipinski definition) is 2. The molecular weight excluding hydrogens is 475 g/mol. The third-order valence-corrected chi connectivity index (χ3v) is 6.05. The number of benzene rings is 1. The molecule has 1 aromatic carbocycles. The van der Waals surface area contributed by atoms with Gasteiger partial charge in [0.2, 0.25) is 0 Å². The van der Waals surface area contributed by atoms with E-state index >= 15 is 0 Å². The van der Waals surface area contributed by atoms with E-state index in [0.29, 0.717) is 44.2 Å². The Balaban J connectivity index is 1.86. The van der Waals surface area contributed by atoms with Crippen LogP contribution in [0.1, 0.15) is 15.9 Å². The van der Waals surface area contributed by atoms with Gasteiger partial charge in [0, 0.05) is 0 Å². The number of halogens is 1. The van der Waals surface area contributed by atoms with Gasteiger partial charge in [0.15, 0.2) is 0 Å². The first-order valence-corrected chi connectivity index (χ1v) is 12.0. The molecule has 8 nitrogen and oxygen atoms in total. The number of morpholine rings is 1. The van der Waals surface area contributed by atoms with E-state index in [1.54, 1.807) is 39.5 Å².